The second-order valence-electron chi connectivity index (χ2n) is 9.89. The molecule has 2 heterocycles. The average molecular weight is 563 g/mol. The van der Waals surface area contributed by atoms with Crippen LogP contribution in [0.15, 0.2) is 77.7 Å². The van der Waals surface area contributed by atoms with Crippen LogP contribution in [0.4, 0.5) is 14.5 Å². The van der Waals surface area contributed by atoms with Crippen LogP contribution in [0.25, 0.3) is 16.8 Å². The van der Waals surface area contributed by atoms with Crippen molar-refractivity contribution in [3.8, 4) is 28.3 Å². The molecular formula is C30H25ClF2N4O3. The minimum absolute atomic E-state index is 0.0765. The molecular weight excluding hydrogens is 538 g/mol. The third-order valence-corrected chi connectivity index (χ3v) is 7.41. The highest BCUT2D eigenvalue weighted by Crippen LogP contribution is 2.34. The van der Waals surface area contributed by atoms with Crippen LogP contribution in [-0.4, -0.2) is 46.8 Å². The van der Waals surface area contributed by atoms with E-state index in [1.165, 1.54) is 16.8 Å². The minimum atomic E-state index is -0.671. The van der Waals surface area contributed by atoms with Crippen molar-refractivity contribution in [2.24, 2.45) is 5.92 Å². The number of aromatic nitrogens is 2. The highest BCUT2D eigenvalue weighted by molar-refractivity contribution is 6.30. The van der Waals surface area contributed by atoms with Gasteiger partial charge >= 0.3 is 5.56 Å². The third kappa shape index (κ3) is 5.29. The Morgan fingerprint density at radius 1 is 0.925 bits per heavy atom. The molecule has 1 aliphatic heterocycles. The summed E-state index contributed by atoms with van der Waals surface area (Å²) in [4.78, 5) is 30.1. The van der Waals surface area contributed by atoms with Crippen molar-refractivity contribution >= 4 is 23.2 Å². The molecule has 0 spiro atoms. The number of halogens is 3. The van der Waals surface area contributed by atoms with E-state index in [-0.39, 0.29) is 23.1 Å². The molecule has 0 radical (unpaired) electrons. The molecule has 2 aliphatic rings. The van der Waals surface area contributed by atoms with Gasteiger partial charge in [-0.3, -0.25) is 9.59 Å². The van der Waals surface area contributed by atoms with E-state index in [1.54, 1.807) is 54.7 Å². The summed E-state index contributed by atoms with van der Waals surface area (Å²) < 4.78 is 35.0. The Morgan fingerprint density at radius 2 is 1.62 bits per heavy atom. The summed E-state index contributed by atoms with van der Waals surface area (Å²) in [5.74, 6) is -0.531. The van der Waals surface area contributed by atoms with Crippen molar-refractivity contribution in [3.05, 3.63) is 99.9 Å². The lowest BCUT2D eigenvalue weighted by atomic mass is 10.1. The molecule has 204 valence electrons. The van der Waals surface area contributed by atoms with Gasteiger partial charge in [0.05, 0.1) is 11.9 Å². The Bertz CT molecular complexity index is 1610. The summed E-state index contributed by atoms with van der Waals surface area (Å²) in [5, 5.41) is 4.93. The van der Waals surface area contributed by atoms with E-state index in [0.29, 0.717) is 53.9 Å². The van der Waals surface area contributed by atoms with Gasteiger partial charge < -0.3 is 14.5 Å². The number of ether oxygens (including phenoxy) is 1. The van der Waals surface area contributed by atoms with Gasteiger partial charge in [-0.25, -0.2) is 8.78 Å². The molecule has 3 aromatic carbocycles. The zero-order valence-electron chi connectivity index (χ0n) is 21.4. The zero-order chi connectivity index (χ0) is 27.8. The molecule has 0 bridgehead atoms. The van der Waals surface area contributed by atoms with Crippen LogP contribution in [0, 0.1) is 17.6 Å². The molecule has 0 N–H and O–H groups in total. The van der Waals surface area contributed by atoms with Gasteiger partial charge in [0.15, 0.2) is 0 Å². The highest BCUT2D eigenvalue weighted by atomic mass is 35.5. The first-order valence-electron chi connectivity index (χ1n) is 13.0. The standard InChI is InChI=1S/C30H25ClF2N4O3/c31-21-5-8-23(9-6-21)37-30(39)28(27(18-34-37)35-13-15-36(16-14-35)29(38)20-1-2-20)40-24-10-3-19(4-11-24)25-12-7-22(32)17-26(25)33/h3-12,17-18,20H,1-2,13-16H2. The van der Waals surface area contributed by atoms with Crippen molar-refractivity contribution in [3.63, 3.8) is 0 Å². The topological polar surface area (TPSA) is 67.7 Å². The lowest BCUT2D eigenvalue weighted by Crippen LogP contribution is -2.49. The van der Waals surface area contributed by atoms with Gasteiger partial charge in [0.25, 0.3) is 0 Å². The monoisotopic (exact) mass is 562 g/mol. The summed E-state index contributed by atoms with van der Waals surface area (Å²) in [7, 11) is 0. The number of carbonyl (C=O) groups is 1. The normalized spacial score (nSPS) is 15.3. The Balaban J connectivity index is 1.31. The van der Waals surface area contributed by atoms with E-state index in [4.69, 9.17) is 16.3 Å². The van der Waals surface area contributed by atoms with Crippen LogP contribution in [0.2, 0.25) is 5.02 Å². The van der Waals surface area contributed by atoms with E-state index in [2.05, 4.69) is 5.10 Å². The van der Waals surface area contributed by atoms with Crippen molar-refractivity contribution in [2.75, 3.05) is 31.1 Å². The summed E-state index contributed by atoms with van der Waals surface area (Å²) in [6, 6.07) is 16.7. The molecule has 4 aromatic rings. The SMILES string of the molecule is O=C(C1CC1)N1CCN(c2cnn(-c3ccc(Cl)cc3)c(=O)c2Oc2ccc(-c3ccc(F)cc3F)cc2)CC1. The van der Waals surface area contributed by atoms with E-state index in [9.17, 15) is 18.4 Å². The molecule has 6 rings (SSSR count). The third-order valence-electron chi connectivity index (χ3n) is 7.16. The second-order valence-corrected chi connectivity index (χ2v) is 10.3. The van der Waals surface area contributed by atoms with E-state index in [1.807, 2.05) is 9.80 Å². The van der Waals surface area contributed by atoms with Crippen LogP contribution in [0.5, 0.6) is 11.5 Å². The number of piperazine rings is 1. The van der Waals surface area contributed by atoms with Crippen LogP contribution in [0.3, 0.4) is 0 Å². The smallest absolute Gasteiger partial charge is 0.316 e. The van der Waals surface area contributed by atoms with Gasteiger partial charge in [0, 0.05) is 48.7 Å². The largest absolute Gasteiger partial charge is 0.449 e. The van der Waals surface area contributed by atoms with Crippen molar-refractivity contribution in [1.82, 2.24) is 14.7 Å². The predicted molar refractivity (Wildman–Crippen MR) is 148 cm³/mol. The molecule has 1 aliphatic carbocycles. The molecule has 1 saturated heterocycles. The van der Waals surface area contributed by atoms with Gasteiger partial charge in [-0.05, 0) is 66.9 Å². The first-order valence-corrected chi connectivity index (χ1v) is 13.4. The summed E-state index contributed by atoms with van der Waals surface area (Å²) >= 11 is 6.03. The number of carbonyl (C=O) groups excluding carboxylic acids is 1. The van der Waals surface area contributed by atoms with Crippen molar-refractivity contribution in [2.45, 2.75) is 12.8 Å². The minimum Gasteiger partial charge on any atom is -0.449 e. The Hall–Kier alpha value is -4.24. The number of amides is 1. The molecule has 1 aromatic heterocycles. The number of nitrogens with zero attached hydrogens (tertiary/aromatic N) is 4. The average Bonchev–Trinajstić information content (AvgIpc) is 3.81. The van der Waals surface area contributed by atoms with Gasteiger partial charge in [-0.15, -0.1) is 0 Å². The van der Waals surface area contributed by atoms with Gasteiger partial charge in [0.2, 0.25) is 11.7 Å². The second kappa shape index (κ2) is 10.7. The van der Waals surface area contributed by atoms with Crippen LogP contribution >= 0.6 is 11.6 Å². The number of benzene rings is 3. The zero-order valence-corrected chi connectivity index (χ0v) is 22.2. The van der Waals surface area contributed by atoms with Gasteiger partial charge in [-0.1, -0.05) is 23.7 Å². The molecule has 2 fully saturated rings. The fraction of sp³-hybridized carbons (Fsp3) is 0.233. The Kier molecular flexibility index (Phi) is 6.98. The van der Waals surface area contributed by atoms with Crippen LogP contribution < -0.4 is 15.2 Å². The number of anilines is 1. The molecule has 7 nitrogen and oxygen atoms in total. The fourth-order valence-corrected chi connectivity index (χ4v) is 4.94. The maximum atomic E-state index is 14.3. The highest BCUT2D eigenvalue weighted by Gasteiger charge is 2.35. The number of rotatable bonds is 6. The first kappa shape index (κ1) is 26.0. The first-order chi connectivity index (χ1) is 19.4. The summed E-state index contributed by atoms with van der Waals surface area (Å²) in [6.07, 6.45) is 3.50. The van der Waals surface area contributed by atoms with Crippen molar-refractivity contribution in [1.29, 1.82) is 0 Å². The molecule has 0 atom stereocenters. The summed E-state index contributed by atoms with van der Waals surface area (Å²) in [6.45, 7) is 2.16. The van der Waals surface area contributed by atoms with Crippen molar-refractivity contribution < 1.29 is 18.3 Å². The van der Waals surface area contributed by atoms with E-state index >= 15 is 0 Å². The molecule has 1 saturated carbocycles. The van der Waals surface area contributed by atoms with Gasteiger partial charge in [0.1, 0.15) is 23.1 Å². The fourth-order valence-electron chi connectivity index (χ4n) is 4.82. The molecule has 40 heavy (non-hydrogen) atoms. The van der Waals surface area contributed by atoms with E-state index < -0.39 is 17.2 Å². The van der Waals surface area contributed by atoms with E-state index in [0.717, 1.165) is 18.9 Å². The van der Waals surface area contributed by atoms with Crippen LogP contribution in [-0.2, 0) is 4.79 Å². The maximum absolute atomic E-state index is 14.3. The van der Waals surface area contributed by atoms with Gasteiger partial charge in [-0.2, -0.15) is 9.78 Å². The lowest BCUT2D eigenvalue weighted by Gasteiger charge is -2.36. The van der Waals surface area contributed by atoms with Crippen LogP contribution in [0.1, 0.15) is 12.8 Å². The summed E-state index contributed by atoms with van der Waals surface area (Å²) in [5.41, 5.74) is 1.36. The Labute approximate surface area is 234 Å². The molecule has 1 amide bonds. The Morgan fingerprint density at radius 3 is 2.27 bits per heavy atom. The maximum Gasteiger partial charge on any atom is 0.316 e. The number of hydrogen-bond acceptors (Lipinski definition) is 5. The molecule has 10 heteroatoms. The predicted octanol–water partition coefficient (Wildman–Crippen LogP) is 5.68. The number of hydrogen-bond donors (Lipinski definition) is 0. The lowest BCUT2D eigenvalue weighted by molar-refractivity contribution is -0.132. The quantitative estimate of drug-likeness (QED) is 0.302. The molecule has 0 unspecified atom stereocenters.